The van der Waals surface area contributed by atoms with Gasteiger partial charge in [0.05, 0.1) is 18.1 Å². The minimum atomic E-state index is -1.50. The number of nitrogens with zero attached hydrogens (tertiary/aromatic N) is 2. The molecule has 0 saturated carbocycles. The number of likely N-dealkylation sites (tertiary alicyclic amines) is 1. The molecule has 40 heavy (non-hydrogen) atoms. The summed E-state index contributed by atoms with van der Waals surface area (Å²) in [5.41, 5.74) is 0.871. The molecule has 1 unspecified atom stereocenters. The van der Waals surface area contributed by atoms with E-state index >= 15 is 0 Å². The Morgan fingerprint density at radius 2 is 1.85 bits per heavy atom. The molecule has 1 spiro atoms. The fourth-order valence-electron chi connectivity index (χ4n) is 4.97. The summed E-state index contributed by atoms with van der Waals surface area (Å²) < 4.78 is 11.4. The van der Waals surface area contributed by atoms with E-state index in [0.29, 0.717) is 17.9 Å². The molecule has 2 saturated heterocycles. The van der Waals surface area contributed by atoms with Crippen LogP contribution in [-0.4, -0.2) is 64.1 Å². The molecule has 0 aliphatic carbocycles. The number of hydrogen-bond donors (Lipinski definition) is 3. The lowest BCUT2D eigenvalue weighted by Crippen LogP contribution is -2.62. The Hall–Kier alpha value is -4.67. The third kappa shape index (κ3) is 5.40. The van der Waals surface area contributed by atoms with Crippen LogP contribution in [0.25, 0.3) is 10.9 Å². The summed E-state index contributed by atoms with van der Waals surface area (Å²) in [6, 6.07) is 14.9. The number of amides is 5. The van der Waals surface area contributed by atoms with Crippen molar-refractivity contribution in [3.05, 3.63) is 71.4 Å². The molecule has 11 nitrogen and oxygen atoms in total. The number of hydrogen-bond acceptors (Lipinski definition) is 7. The number of ether oxygens (including phenoxy) is 2. The van der Waals surface area contributed by atoms with E-state index < -0.39 is 41.1 Å². The van der Waals surface area contributed by atoms with Gasteiger partial charge in [-0.2, -0.15) is 0 Å². The lowest BCUT2D eigenvalue weighted by Gasteiger charge is -2.27. The number of urea groups is 1. The van der Waals surface area contributed by atoms with Crippen molar-refractivity contribution in [3.63, 3.8) is 0 Å². The quantitative estimate of drug-likeness (QED) is 0.419. The van der Waals surface area contributed by atoms with Crippen LogP contribution < -0.4 is 20.7 Å². The first-order valence-corrected chi connectivity index (χ1v) is 12.9. The monoisotopic (exact) mass is 545 g/mol. The highest BCUT2D eigenvalue weighted by atomic mass is 16.6. The number of pyridine rings is 1. The molecule has 1 aromatic heterocycles. The van der Waals surface area contributed by atoms with Gasteiger partial charge in [-0.1, -0.05) is 18.2 Å². The van der Waals surface area contributed by atoms with E-state index in [1.807, 2.05) is 37.3 Å². The molecule has 2 atom stereocenters. The van der Waals surface area contributed by atoms with E-state index in [1.54, 1.807) is 45.0 Å². The number of para-hydroxylation sites is 1. The topological polar surface area (TPSA) is 139 Å². The van der Waals surface area contributed by atoms with Crippen LogP contribution in [0.3, 0.4) is 0 Å². The van der Waals surface area contributed by atoms with Gasteiger partial charge in [0.2, 0.25) is 0 Å². The first-order chi connectivity index (χ1) is 18.9. The van der Waals surface area contributed by atoms with Gasteiger partial charge in [-0.05, 0) is 64.1 Å². The van der Waals surface area contributed by atoms with Gasteiger partial charge in [-0.15, -0.1) is 0 Å². The molecule has 5 amide bonds. The minimum Gasteiger partial charge on any atom is -0.489 e. The first kappa shape index (κ1) is 26.9. The van der Waals surface area contributed by atoms with Crippen LogP contribution in [0.2, 0.25) is 0 Å². The number of benzene rings is 2. The lowest BCUT2D eigenvalue weighted by molar-refractivity contribution is -0.124. The molecule has 11 heteroatoms. The van der Waals surface area contributed by atoms with Crippen LogP contribution in [0.15, 0.2) is 54.6 Å². The van der Waals surface area contributed by atoms with Gasteiger partial charge < -0.3 is 25.0 Å². The lowest BCUT2D eigenvalue weighted by atomic mass is 9.93. The smallest absolute Gasteiger partial charge is 0.410 e. The molecule has 3 aromatic rings. The molecule has 2 aromatic carbocycles. The maximum Gasteiger partial charge on any atom is 0.410 e. The second kappa shape index (κ2) is 10.1. The van der Waals surface area contributed by atoms with Crippen molar-refractivity contribution >= 4 is 34.8 Å². The van der Waals surface area contributed by atoms with Crippen LogP contribution >= 0.6 is 0 Å². The maximum absolute atomic E-state index is 13.2. The third-order valence-electron chi connectivity index (χ3n) is 6.80. The zero-order valence-electron chi connectivity index (χ0n) is 22.7. The van der Waals surface area contributed by atoms with Crippen LogP contribution in [0, 0.1) is 6.92 Å². The highest BCUT2D eigenvalue weighted by molar-refractivity contribution is 6.09. The number of rotatable bonds is 5. The second-order valence-corrected chi connectivity index (χ2v) is 11.0. The Labute approximate surface area is 231 Å². The van der Waals surface area contributed by atoms with Crippen LogP contribution in [0.1, 0.15) is 42.4 Å². The normalized spacial score (nSPS) is 20.4. The van der Waals surface area contributed by atoms with Crippen molar-refractivity contribution in [1.82, 2.24) is 25.8 Å². The molecule has 3 N–H and O–H groups in total. The molecule has 3 heterocycles. The predicted octanol–water partition coefficient (Wildman–Crippen LogP) is 3.05. The van der Waals surface area contributed by atoms with Crippen LogP contribution in [-0.2, 0) is 16.1 Å². The van der Waals surface area contributed by atoms with E-state index in [2.05, 4.69) is 20.9 Å². The summed E-state index contributed by atoms with van der Waals surface area (Å²) in [6.45, 7) is 7.30. The number of fused-ring (bicyclic) bond motifs is 1. The van der Waals surface area contributed by atoms with Crippen molar-refractivity contribution in [3.8, 4) is 5.75 Å². The Balaban J connectivity index is 1.27. The number of aromatic nitrogens is 1. The molecular weight excluding hydrogens is 514 g/mol. The average Bonchev–Trinajstić information content (AvgIpc) is 3.39. The highest BCUT2D eigenvalue weighted by Crippen LogP contribution is 2.28. The van der Waals surface area contributed by atoms with Gasteiger partial charge in [-0.3, -0.25) is 19.9 Å². The summed E-state index contributed by atoms with van der Waals surface area (Å²) in [7, 11) is 0. The number of carbonyl (C=O) groups excluding carboxylic acids is 4. The molecule has 2 aliphatic rings. The fourth-order valence-corrected chi connectivity index (χ4v) is 4.97. The van der Waals surface area contributed by atoms with E-state index in [1.165, 1.54) is 4.90 Å². The molecule has 0 bridgehead atoms. The molecular formula is C29H31N5O6. The van der Waals surface area contributed by atoms with E-state index in [9.17, 15) is 19.2 Å². The second-order valence-electron chi connectivity index (χ2n) is 11.0. The zero-order chi connectivity index (χ0) is 28.7. The summed E-state index contributed by atoms with van der Waals surface area (Å²) in [6.07, 6.45) is -0.642. The molecule has 2 aliphatic heterocycles. The standard InChI is InChI=1S/C29H31N5O6/c1-17-13-19(21-7-5-6-8-22(21)30-17)15-39-20-11-9-18(10-12-20)24(35)31-23-14-34(27(38)40-28(2,3)4)16-29(23)25(36)32-26(37)33-29/h5-13,23H,14-16H2,1-4H3,(H,31,35)(H2,32,33,36,37)/t23-,29?/m1/s1. The number of aryl methyl sites for hydroxylation is 1. The number of imide groups is 1. The van der Waals surface area contributed by atoms with Crippen molar-refractivity contribution < 1.29 is 28.7 Å². The summed E-state index contributed by atoms with van der Waals surface area (Å²) in [5, 5.41) is 8.64. The van der Waals surface area contributed by atoms with E-state index in [0.717, 1.165) is 22.2 Å². The van der Waals surface area contributed by atoms with E-state index in [4.69, 9.17) is 9.47 Å². The van der Waals surface area contributed by atoms with Gasteiger partial charge in [-0.25, -0.2) is 9.59 Å². The Kier molecular flexibility index (Phi) is 6.82. The predicted molar refractivity (Wildman–Crippen MR) is 146 cm³/mol. The Morgan fingerprint density at radius 1 is 1.12 bits per heavy atom. The van der Waals surface area contributed by atoms with Gasteiger partial charge >= 0.3 is 12.1 Å². The minimum absolute atomic E-state index is 0.0190. The summed E-state index contributed by atoms with van der Waals surface area (Å²) >= 11 is 0. The highest BCUT2D eigenvalue weighted by Gasteiger charge is 2.59. The third-order valence-corrected chi connectivity index (χ3v) is 6.80. The SMILES string of the molecule is Cc1cc(COc2ccc(C(=O)N[C@@H]3CN(C(=O)OC(C)(C)C)CC34NC(=O)NC4=O)cc2)c2ccccc2n1. The summed E-state index contributed by atoms with van der Waals surface area (Å²) in [4.78, 5) is 56.5. The van der Waals surface area contributed by atoms with Crippen molar-refractivity contribution in [2.45, 2.75) is 51.5 Å². The maximum atomic E-state index is 13.2. The van der Waals surface area contributed by atoms with Gasteiger partial charge in [0.15, 0.2) is 5.54 Å². The Bertz CT molecular complexity index is 1500. The number of carbonyl (C=O) groups is 4. The molecule has 5 rings (SSSR count). The largest absolute Gasteiger partial charge is 0.489 e. The zero-order valence-corrected chi connectivity index (χ0v) is 22.7. The van der Waals surface area contributed by atoms with Crippen molar-refractivity contribution in [1.29, 1.82) is 0 Å². The van der Waals surface area contributed by atoms with Crippen molar-refractivity contribution in [2.24, 2.45) is 0 Å². The Morgan fingerprint density at radius 3 is 2.52 bits per heavy atom. The van der Waals surface area contributed by atoms with Crippen molar-refractivity contribution in [2.75, 3.05) is 13.1 Å². The van der Waals surface area contributed by atoms with Crippen LogP contribution in [0.5, 0.6) is 5.75 Å². The molecule has 2 fully saturated rings. The van der Waals surface area contributed by atoms with Gasteiger partial charge in [0.1, 0.15) is 18.0 Å². The molecule has 208 valence electrons. The summed E-state index contributed by atoms with van der Waals surface area (Å²) in [5.74, 6) is -0.505. The van der Waals surface area contributed by atoms with Gasteiger partial charge in [0, 0.05) is 28.8 Å². The van der Waals surface area contributed by atoms with Gasteiger partial charge in [0.25, 0.3) is 11.8 Å². The first-order valence-electron chi connectivity index (χ1n) is 12.9. The van der Waals surface area contributed by atoms with E-state index in [-0.39, 0.29) is 13.1 Å². The molecule has 0 radical (unpaired) electrons. The fraction of sp³-hybridized carbons (Fsp3) is 0.345. The average molecular weight is 546 g/mol. The number of nitrogens with one attached hydrogen (secondary N) is 3. The van der Waals surface area contributed by atoms with Crippen LogP contribution in [0.4, 0.5) is 9.59 Å².